The molecule has 86 valence electrons. The van der Waals surface area contributed by atoms with Crippen molar-refractivity contribution >= 4 is 21.7 Å². The maximum absolute atomic E-state index is 12.9. The lowest BCUT2D eigenvalue weighted by Crippen LogP contribution is -2.03. The van der Waals surface area contributed by atoms with Crippen LogP contribution in [0.3, 0.4) is 0 Å². The Morgan fingerprint density at radius 1 is 1.12 bits per heavy atom. The molecule has 0 aliphatic rings. The lowest BCUT2D eigenvalue weighted by molar-refractivity contribution is 0.0993. The number of rotatable bonds is 3. The van der Waals surface area contributed by atoms with E-state index >= 15 is 0 Å². The average Bonchev–Trinajstić information content (AvgIpc) is 2.34. The molecule has 2 aromatic rings. The van der Waals surface area contributed by atoms with Crippen LogP contribution in [-0.4, -0.2) is 5.78 Å². The number of hydrogen-bond acceptors (Lipinski definition) is 1. The Balaban J connectivity index is 2.19. The lowest BCUT2D eigenvalue weighted by Gasteiger charge is -2.04. The number of halogens is 2. The van der Waals surface area contributed by atoms with Gasteiger partial charge in [0.1, 0.15) is 5.82 Å². The summed E-state index contributed by atoms with van der Waals surface area (Å²) in [5.41, 5.74) is 1.46. The number of hydrogen-bond donors (Lipinski definition) is 0. The highest BCUT2D eigenvalue weighted by molar-refractivity contribution is 9.10. The van der Waals surface area contributed by atoms with Crippen LogP contribution < -0.4 is 0 Å². The molecule has 0 bridgehead atoms. The van der Waals surface area contributed by atoms with Crippen LogP contribution in [0.4, 0.5) is 4.39 Å². The SMILES string of the molecule is O=C(Cc1ccc(F)cc1Br)c1ccccc1. The second-order valence-corrected chi connectivity index (χ2v) is 4.56. The average molecular weight is 293 g/mol. The van der Waals surface area contributed by atoms with Crippen LogP contribution in [-0.2, 0) is 6.42 Å². The zero-order chi connectivity index (χ0) is 12.3. The van der Waals surface area contributed by atoms with Gasteiger partial charge in [-0.2, -0.15) is 0 Å². The normalized spacial score (nSPS) is 10.2. The Morgan fingerprint density at radius 2 is 1.82 bits per heavy atom. The van der Waals surface area contributed by atoms with Gasteiger partial charge in [0.15, 0.2) is 5.78 Å². The summed E-state index contributed by atoms with van der Waals surface area (Å²) in [7, 11) is 0. The van der Waals surface area contributed by atoms with Crippen molar-refractivity contribution in [3.05, 3.63) is 69.9 Å². The third-order valence-corrected chi connectivity index (χ3v) is 3.20. The van der Waals surface area contributed by atoms with E-state index in [2.05, 4.69) is 15.9 Å². The van der Waals surface area contributed by atoms with Crippen LogP contribution in [0, 0.1) is 5.82 Å². The van der Waals surface area contributed by atoms with Gasteiger partial charge in [0, 0.05) is 16.5 Å². The Labute approximate surface area is 107 Å². The van der Waals surface area contributed by atoms with E-state index in [1.54, 1.807) is 18.2 Å². The third-order valence-electron chi connectivity index (χ3n) is 2.46. The van der Waals surface area contributed by atoms with Crippen molar-refractivity contribution in [2.45, 2.75) is 6.42 Å². The molecule has 0 aliphatic heterocycles. The third kappa shape index (κ3) is 3.01. The van der Waals surface area contributed by atoms with Crippen LogP contribution in [0.15, 0.2) is 53.0 Å². The molecule has 0 aliphatic carbocycles. The highest BCUT2D eigenvalue weighted by atomic mass is 79.9. The first-order chi connectivity index (χ1) is 8.16. The van der Waals surface area contributed by atoms with E-state index in [-0.39, 0.29) is 18.0 Å². The zero-order valence-electron chi connectivity index (χ0n) is 8.99. The van der Waals surface area contributed by atoms with E-state index in [9.17, 15) is 9.18 Å². The quantitative estimate of drug-likeness (QED) is 0.781. The Morgan fingerprint density at radius 3 is 2.47 bits per heavy atom. The summed E-state index contributed by atoms with van der Waals surface area (Å²) in [4.78, 5) is 11.9. The largest absolute Gasteiger partial charge is 0.294 e. The Hall–Kier alpha value is -1.48. The van der Waals surface area contributed by atoms with Crippen LogP contribution in [0.2, 0.25) is 0 Å². The summed E-state index contributed by atoms with van der Waals surface area (Å²) in [5, 5.41) is 0. The molecule has 1 nitrogen and oxygen atoms in total. The van der Waals surface area contributed by atoms with Gasteiger partial charge in [0.25, 0.3) is 0 Å². The van der Waals surface area contributed by atoms with Gasteiger partial charge >= 0.3 is 0 Å². The number of carbonyl (C=O) groups is 1. The molecule has 3 heteroatoms. The van der Waals surface area contributed by atoms with Crippen molar-refractivity contribution in [2.75, 3.05) is 0 Å². The number of Topliss-reactive ketones (excluding diaryl/α,β-unsaturated/α-hetero) is 1. The first-order valence-electron chi connectivity index (χ1n) is 5.19. The maximum Gasteiger partial charge on any atom is 0.167 e. The summed E-state index contributed by atoms with van der Waals surface area (Å²) in [6.45, 7) is 0. The molecule has 0 N–H and O–H groups in total. The number of benzene rings is 2. The summed E-state index contributed by atoms with van der Waals surface area (Å²) < 4.78 is 13.5. The van der Waals surface area contributed by atoms with Gasteiger partial charge in [-0.15, -0.1) is 0 Å². The minimum atomic E-state index is -0.312. The zero-order valence-corrected chi connectivity index (χ0v) is 10.6. The molecular formula is C14H10BrFO. The van der Waals surface area contributed by atoms with Gasteiger partial charge in [0.2, 0.25) is 0 Å². The molecule has 0 radical (unpaired) electrons. The summed E-state index contributed by atoms with van der Waals surface area (Å²) in [6, 6.07) is 13.4. The molecule has 0 fully saturated rings. The van der Waals surface area contributed by atoms with Gasteiger partial charge in [0.05, 0.1) is 0 Å². The lowest BCUT2D eigenvalue weighted by atomic mass is 10.0. The highest BCUT2D eigenvalue weighted by Crippen LogP contribution is 2.19. The molecule has 17 heavy (non-hydrogen) atoms. The summed E-state index contributed by atoms with van der Waals surface area (Å²) in [5.74, 6) is -0.286. The van der Waals surface area contributed by atoms with Gasteiger partial charge in [-0.05, 0) is 17.7 Å². The minimum absolute atomic E-state index is 0.0258. The molecule has 2 rings (SSSR count). The monoisotopic (exact) mass is 292 g/mol. The van der Waals surface area contributed by atoms with Crippen molar-refractivity contribution in [1.29, 1.82) is 0 Å². The van der Waals surface area contributed by atoms with E-state index in [0.717, 1.165) is 5.56 Å². The Bertz CT molecular complexity index is 537. The van der Waals surface area contributed by atoms with Crippen molar-refractivity contribution in [3.8, 4) is 0 Å². The van der Waals surface area contributed by atoms with E-state index in [0.29, 0.717) is 10.0 Å². The molecule has 0 amide bonds. The number of ketones is 1. The van der Waals surface area contributed by atoms with Crippen molar-refractivity contribution < 1.29 is 9.18 Å². The highest BCUT2D eigenvalue weighted by Gasteiger charge is 2.09. The standard InChI is InChI=1S/C14H10BrFO/c15-13-9-12(16)7-6-11(13)8-14(17)10-4-2-1-3-5-10/h1-7,9H,8H2. The van der Waals surface area contributed by atoms with Gasteiger partial charge in [-0.25, -0.2) is 4.39 Å². The molecule has 0 spiro atoms. The summed E-state index contributed by atoms with van der Waals surface area (Å²) in [6.07, 6.45) is 0.269. The molecular weight excluding hydrogens is 283 g/mol. The molecule has 0 atom stereocenters. The fourth-order valence-corrected chi connectivity index (χ4v) is 2.06. The summed E-state index contributed by atoms with van der Waals surface area (Å²) >= 11 is 3.26. The number of carbonyl (C=O) groups excluding carboxylic acids is 1. The molecule has 0 saturated heterocycles. The van der Waals surface area contributed by atoms with Crippen molar-refractivity contribution in [2.24, 2.45) is 0 Å². The van der Waals surface area contributed by atoms with Gasteiger partial charge in [-0.3, -0.25) is 4.79 Å². The van der Waals surface area contributed by atoms with E-state index in [1.165, 1.54) is 12.1 Å². The second kappa shape index (κ2) is 5.23. The van der Waals surface area contributed by atoms with E-state index in [4.69, 9.17) is 0 Å². The topological polar surface area (TPSA) is 17.1 Å². The van der Waals surface area contributed by atoms with Crippen molar-refractivity contribution in [3.63, 3.8) is 0 Å². The van der Waals surface area contributed by atoms with Gasteiger partial charge in [-0.1, -0.05) is 52.3 Å². The van der Waals surface area contributed by atoms with Crippen LogP contribution in [0.1, 0.15) is 15.9 Å². The van der Waals surface area contributed by atoms with Gasteiger partial charge < -0.3 is 0 Å². The maximum atomic E-state index is 12.9. The molecule has 0 aromatic heterocycles. The van der Waals surface area contributed by atoms with E-state index in [1.807, 2.05) is 18.2 Å². The fraction of sp³-hybridized carbons (Fsp3) is 0.0714. The Kier molecular flexibility index (Phi) is 3.69. The van der Waals surface area contributed by atoms with Crippen LogP contribution in [0.25, 0.3) is 0 Å². The molecule has 0 saturated carbocycles. The smallest absolute Gasteiger partial charge is 0.167 e. The first kappa shape index (κ1) is 12.0. The van der Waals surface area contributed by atoms with E-state index < -0.39 is 0 Å². The fourth-order valence-electron chi connectivity index (χ4n) is 1.56. The van der Waals surface area contributed by atoms with Crippen LogP contribution in [0.5, 0.6) is 0 Å². The minimum Gasteiger partial charge on any atom is -0.294 e. The molecule has 0 heterocycles. The predicted octanol–water partition coefficient (Wildman–Crippen LogP) is 4.01. The molecule has 0 unspecified atom stereocenters. The van der Waals surface area contributed by atoms with Crippen LogP contribution >= 0.6 is 15.9 Å². The molecule has 2 aromatic carbocycles. The van der Waals surface area contributed by atoms with Crippen molar-refractivity contribution in [1.82, 2.24) is 0 Å². The first-order valence-corrected chi connectivity index (χ1v) is 5.98. The predicted molar refractivity (Wildman–Crippen MR) is 68.6 cm³/mol. The second-order valence-electron chi connectivity index (χ2n) is 3.70.